The molecule has 0 spiro atoms. The molecule has 2 aromatic rings. The first-order valence-corrected chi connectivity index (χ1v) is 14.3. The minimum atomic E-state index is -0.561. The lowest BCUT2D eigenvalue weighted by Crippen LogP contribution is -2.35. The normalized spacial score (nSPS) is 29.1. The van der Waals surface area contributed by atoms with Crippen LogP contribution in [0.4, 0.5) is 0 Å². The lowest BCUT2D eigenvalue weighted by Gasteiger charge is -2.37. The summed E-state index contributed by atoms with van der Waals surface area (Å²) in [6.45, 7) is 3.80. The maximum atomic E-state index is 10.8. The van der Waals surface area contributed by atoms with Crippen molar-refractivity contribution in [3.8, 4) is 11.5 Å². The topological polar surface area (TPSA) is 118 Å². The van der Waals surface area contributed by atoms with Crippen LogP contribution in [0.15, 0.2) is 48.5 Å². The van der Waals surface area contributed by atoms with Gasteiger partial charge in [-0.2, -0.15) is 0 Å². The molecule has 8 atom stereocenters. The maximum absolute atomic E-state index is 10.8. The first-order chi connectivity index (χ1) is 18.7. The molecule has 8 unspecified atom stereocenters. The van der Waals surface area contributed by atoms with Gasteiger partial charge in [0.15, 0.2) is 12.6 Å². The van der Waals surface area contributed by atoms with Crippen LogP contribution in [0.2, 0.25) is 0 Å². The quantitative estimate of drug-likeness (QED) is 0.271. The summed E-state index contributed by atoms with van der Waals surface area (Å²) in [6, 6.07) is 13.9. The number of ether oxygens (including phenoxy) is 4. The Morgan fingerprint density at radius 3 is 1.85 bits per heavy atom. The van der Waals surface area contributed by atoms with Gasteiger partial charge in [-0.05, 0) is 89.5 Å². The minimum absolute atomic E-state index is 0.00579. The fraction of sp³-hybridized carbons (Fsp3) is 0.613. The van der Waals surface area contributed by atoms with Crippen molar-refractivity contribution in [1.29, 1.82) is 0 Å². The van der Waals surface area contributed by atoms with E-state index in [1.54, 1.807) is 43.3 Å². The lowest BCUT2D eigenvalue weighted by atomic mass is 9.96. The predicted molar refractivity (Wildman–Crippen MR) is 146 cm³/mol. The van der Waals surface area contributed by atoms with E-state index >= 15 is 0 Å². The third kappa shape index (κ3) is 9.45. The number of aromatic hydroxyl groups is 2. The molecule has 2 aliphatic rings. The summed E-state index contributed by atoms with van der Waals surface area (Å²) in [5, 5.41) is 40.2. The zero-order chi connectivity index (χ0) is 27.8. The molecule has 0 aromatic heterocycles. The SMILES string of the molecule is CC(O)CCCC1CC(CCCC(O)CC2CC(C)OC(c3cccc(O)c3)O2)OC(c2cccc(O)c2)O1. The van der Waals surface area contributed by atoms with Crippen molar-refractivity contribution in [1.82, 2.24) is 0 Å². The number of rotatable bonds is 12. The number of phenols is 2. The van der Waals surface area contributed by atoms with Crippen LogP contribution in [0, 0.1) is 0 Å². The van der Waals surface area contributed by atoms with Crippen molar-refractivity contribution in [3.63, 3.8) is 0 Å². The highest BCUT2D eigenvalue weighted by molar-refractivity contribution is 5.29. The minimum Gasteiger partial charge on any atom is -0.508 e. The second-order valence-corrected chi connectivity index (χ2v) is 11.1. The molecule has 216 valence electrons. The summed E-state index contributed by atoms with van der Waals surface area (Å²) in [6.07, 6.45) is 4.53. The summed E-state index contributed by atoms with van der Waals surface area (Å²) in [5.74, 6) is 0.341. The van der Waals surface area contributed by atoms with E-state index in [1.807, 2.05) is 19.1 Å². The standard InChI is InChI=1S/C31H44O8/c1-20(32)7-3-13-27-19-28(38-31(37-27)23-9-5-11-25(34)17-23)14-6-12-26(35)18-29-15-21(2)36-30(39-29)22-8-4-10-24(33)16-22/h4-5,8-11,16-17,20-21,26-35H,3,6-7,12-15,18-19H2,1-2H3. The van der Waals surface area contributed by atoms with Crippen molar-refractivity contribution < 1.29 is 39.4 Å². The molecule has 0 saturated carbocycles. The summed E-state index contributed by atoms with van der Waals surface area (Å²) in [5.41, 5.74) is 1.55. The van der Waals surface area contributed by atoms with Crippen LogP contribution in [-0.4, -0.2) is 57.0 Å². The molecule has 2 fully saturated rings. The lowest BCUT2D eigenvalue weighted by molar-refractivity contribution is -0.251. The Bertz CT molecular complexity index is 1010. The van der Waals surface area contributed by atoms with Crippen LogP contribution >= 0.6 is 0 Å². The van der Waals surface area contributed by atoms with E-state index in [9.17, 15) is 20.4 Å². The fourth-order valence-corrected chi connectivity index (χ4v) is 5.51. The van der Waals surface area contributed by atoms with Gasteiger partial charge in [-0.1, -0.05) is 24.3 Å². The van der Waals surface area contributed by atoms with E-state index in [4.69, 9.17) is 18.9 Å². The molecule has 8 nitrogen and oxygen atoms in total. The number of aliphatic hydroxyl groups is 2. The maximum Gasteiger partial charge on any atom is 0.184 e. The van der Waals surface area contributed by atoms with Crippen LogP contribution in [-0.2, 0) is 18.9 Å². The molecule has 0 radical (unpaired) electrons. The number of aliphatic hydroxyl groups excluding tert-OH is 2. The third-order valence-electron chi connectivity index (χ3n) is 7.46. The van der Waals surface area contributed by atoms with E-state index in [0.717, 1.165) is 49.7 Å². The van der Waals surface area contributed by atoms with Crippen molar-refractivity contribution in [2.45, 2.75) is 121 Å². The van der Waals surface area contributed by atoms with Gasteiger partial charge in [0.25, 0.3) is 0 Å². The zero-order valence-electron chi connectivity index (χ0n) is 23.0. The van der Waals surface area contributed by atoms with Gasteiger partial charge >= 0.3 is 0 Å². The molecule has 2 heterocycles. The highest BCUT2D eigenvalue weighted by Crippen LogP contribution is 2.36. The van der Waals surface area contributed by atoms with Crippen LogP contribution < -0.4 is 0 Å². The highest BCUT2D eigenvalue weighted by atomic mass is 16.7. The van der Waals surface area contributed by atoms with E-state index in [-0.39, 0.29) is 42.0 Å². The van der Waals surface area contributed by atoms with E-state index in [1.165, 1.54) is 0 Å². The molecule has 0 aliphatic carbocycles. The number of hydrogen-bond donors (Lipinski definition) is 4. The van der Waals surface area contributed by atoms with Gasteiger partial charge < -0.3 is 39.4 Å². The zero-order valence-corrected chi connectivity index (χ0v) is 23.0. The van der Waals surface area contributed by atoms with Gasteiger partial charge in [0.05, 0.1) is 36.6 Å². The molecule has 2 saturated heterocycles. The molecule has 0 amide bonds. The summed E-state index contributed by atoms with van der Waals surface area (Å²) in [4.78, 5) is 0. The van der Waals surface area contributed by atoms with Crippen molar-refractivity contribution in [3.05, 3.63) is 59.7 Å². The van der Waals surface area contributed by atoms with Crippen molar-refractivity contribution in [2.24, 2.45) is 0 Å². The second kappa shape index (κ2) is 14.4. The summed E-state index contributed by atoms with van der Waals surface area (Å²) >= 11 is 0. The third-order valence-corrected chi connectivity index (χ3v) is 7.46. The Balaban J connectivity index is 1.27. The van der Waals surface area contributed by atoms with Gasteiger partial charge in [-0.3, -0.25) is 0 Å². The van der Waals surface area contributed by atoms with Gasteiger partial charge in [-0.15, -0.1) is 0 Å². The van der Waals surface area contributed by atoms with Crippen LogP contribution in [0.5, 0.6) is 11.5 Å². The van der Waals surface area contributed by atoms with Crippen LogP contribution in [0.3, 0.4) is 0 Å². The first-order valence-electron chi connectivity index (χ1n) is 14.3. The predicted octanol–water partition coefficient (Wildman–Crippen LogP) is 5.64. The number of phenolic OH excluding ortho intramolecular Hbond substituents is 2. The van der Waals surface area contributed by atoms with Gasteiger partial charge in [0, 0.05) is 17.5 Å². The number of hydrogen-bond acceptors (Lipinski definition) is 8. The Morgan fingerprint density at radius 2 is 1.28 bits per heavy atom. The highest BCUT2D eigenvalue weighted by Gasteiger charge is 2.32. The molecule has 8 heteroatoms. The molecular formula is C31H44O8. The first kappa shape index (κ1) is 29.8. The molecule has 2 aliphatic heterocycles. The monoisotopic (exact) mass is 544 g/mol. The Kier molecular flexibility index (Phi) is 11.0. The fourth-order valence-electron chi connectivity index (χ4n) is 5.51. The molecule has 4 rings (SSSR count). The number of benzene rings is 2. The van der Waals surface area contributed by atoms with Crippen molar-refractivity contribution >= 4 is 0 Å². The molecule has 39 heavy (non-hydrogen) atoms. The smallest absolute Gasteiger partial charge is 0.184 e. The molecular weight excluding hydrogens is 500 g/mol. The van der Waals surface area contributed by atoms with Gasteiger partial charge in [0.1, 0.15) is 11.5 Å². The largest absolute Gasteiger partial charge is 0.508 e. The summed E-state index contributed by atoms with van der Waals surface area (Å²) < 4.78 is 24.6. The van der Waals surface area contributed by atoms with Gasteiger partial charge in [0.2, 0.25) is 0 Å². The van der Waals surface area contributed by atoms with Crippen LogP contribution in [0.25, 0.3) is 0 Å². The Morgan fingerprint density at radius 1 is 0.744 bits per heavy atom. The van der Waals surface area contributed by atoms with E-state index in [2.05, 4.69) is 0 Å². The Hall–Kier alpha value is -2.20. The summed E-state index contributed by atoms with van der Waals surface area (Å²) in [7, 11) is 0. The second-order valence-electron chi connectivity index (χ2n) is 11.1. The Labute approximate surface area is 231 Å². The van der Waals surface area contributed by atoms with Crippen LogP contribution in [0.1, 0.15) is 95.3 Å². The average Bonchev–Trinajstić information content (AvgIpc) is 2.88. The van der Waals surface area contributed by atoms with Gasteiger partial charge in [-0.25, -0.2) is 0 Å². The van der Waals surface area contributed by atoms with Crippen molar-refractivity contribution in [2.75, 3.05) is 0 Å². The van der Waals surface area contributed by atoms with E-state index < -0.39 is 18.7 Å². The molecule has 4 N–H and O–H groups in total. The molecule has 2 aromatic carbocycles. The average molecular weight is 545 g/mol. The molecule has 0 bridgehead atoms. The van der Waals surface area contributed by atoms with E-state index in [0.29, 0.717) is 19.3 Å².